The number of amides is 1. The zero-order chi connectivity index (χ0) is 6.85. The van der Waals surface area contributed by atoms with Crippen LogP contribution in [-0.4, -0.2) is 5.91 Å². The molecule has 1 amide bonds. The minimum Gasteiger partial charge on any atom is -0.365 e. The zero-order valence-corrected chi connectivity index (χ0v) is 6.00. The average molecular weight is 162 g/mol. The van der Waals surface area contributed by atoms with E-state index in [4.69, 9.17) is 17.3 Å². The highest BCUT2D eigenvalue weighted by Crippen LogP contribution is 2.17. The number of nitrogens with two attached hydrogens (primary N) is 1. The van der Waals surface area contributed by atoms with Crippen LogP contribution in [0.5, 0.6) is 0 Å². The Morgan fingerprint density at radius 2 is 2.44 bits per heavy atom. The number of carbonyl (C=O) groups excluding carboxylic acids is 1. The first-order valence-electron chi connectivity index (χ1n) is 2.24. The SMILES string of the molecule is NC(=O)c1cc(Cl)cs1. The van der Waals surface area contributed by atoms with Gasteiger partial charge in [0.25, 0.3) is 5.91 Å². The normalized spacial score (nSPS) is 9.44. The van der Waals surface area contributed by atoms with Crippen LogP contribution in [-0.2, 0) is 0 Å². The standard InChI is InChI=1S/C5H4ClNOS/c6-3-1-4(5(7)8)9-2-3/h1-2H,(H2,7,8). The van der Waals surface area contributed by atoms with Crippen molar-refractivity contribution in [1.82, 2.24) is 0 Å². The van der Waals surface area contributed by atoms with Crippen molar-refractivity contribution in [1.29, 1.82) is 0 Å². The summed E-state index contributed by atoms with van der Waals surface area (Å²) < 4.78 is 0. The zero-order valence-electron chi connectivity index (χ0n) is 4.43. The Labute approximate surface area is 61.2 Å². The summed E-state index contributed by atoms with van der Waals surface area (Å²) in [6.07, 6.45) is 0. The number of hydrogen-bond donors (Lipinski definition) is 1. The fraction of sp³-hybridized carbons (Fsp3) is 0. The molecule has 0 aliphatic carbocycles. The van der Waals surface area contributed by atoms with Crippen LogP contribution in [0.4, 0.5) is 0 Å². The van der Waals surface area contributed by atoms with E-state index < -0.39 is 5.91 Å². The molecule has 0 aliphatic rings. The molecule has 0 saturated carbocycles. The molecule has 0 radical (unpaired) electrons. The Hall–Kier alpha value is -0.540. The van der Waals surface area contributed by atoms with Gasteiger partial charge in [-0.2, -0.15) is 0 Å². The van der Waals surface area contributed by atoms with Gasteiger partial charge < -0.3 is 5.73 Å². The van der Waals surface area contributed by atoms with Crippen LogP contribution < -0.4 is 5.73 Å². The first-order chi connectivity index (χ1) is 4.20. The number of hydrogen-bond acceptors (Lipinski definition) is 2. The molecular formula is C5H4ClNOS. The van der Waals surface area contributed by atoms with Gasteiger partial charge >= 0.3 is 0 Å². The molecule has 2 N–H and O–H groups in total. The van der Waals surface area contributed by atoms with Crippen molar-refractivity contribution in [3.63, 3.8) is 0 Å². The van der Waals surface area contributed by atoms with E-state index in [0.717, 1.165) is 0 Å². The van der Waals surface area contributed by atoms with Gasteiger partial charge in [-0.25, -0.2) is 0 Å². The molecule has 9 heavy (non-hydrogen) atoms. The maximum Gasteiger partial charge on any atom is 0.258 e. The second-order valence-electron chi connectivity index (χ2n) is 1.49. The second-order valence-corrected chi connectivity index (χ2v) is 2.84. The lowest BCUT2D eigenvalue weighted by Crippen LogP contribution is -2.07. The van der Waals surface area contributed by atoms with Gasteiger partial charge in [-0.15, -0.1) is 11.3 Å². The van der Waals surface area contributed by atoms with Gasteiger partial charge in [0.1, 0.15) is 0 Å². The smallest absolute Gasteiger partial charge is 0.258 e. The van der Waals surface area contributed by atoms with Gasteiger partial charge in [0, 0.05) is 5.38 Å². The van der Waals surface area contributed by atoms with Gasteiger partial charge in [-0.05, 0) is 6.07 Å². The molecule has 0 fully saturated rings. The van der Waals surface area contributed by atoms with Crippen LogP contribution in [0.2, 0.25) is 5.02 Å². The Morgan fingerprint density at radius 3 is 2.67 bits per heavy atom. The van der Waals surface area contributed by atoms with Crippen LogP contribution in [0.15, 0.2) is 11.4 Å². The Kier molecular flexibility index (Phi) is 1.73. The van der Waals surface area contributed by atoms with E-state index in [1.807, 2.05) is 0 Å². The summed E-state index contributed by atoms with van der Waals surface area (Å²) in [5.74, 6) is -0.424. The third-order valence-corrected chi connectivity index (χ3v) is 2.10. The van der Waals surface area contributed by atoms with E-state index in [2.05, 4.69) is 0 Å². The summed E-state index contributed by atoms with van der Waals surface area (Å²) in [5, 5.41) is 2.23. The summed E-state index contributed by atoms with van der Waals surface area (Å²) in [6, 6.07) is 1.55. The quantitative estimate of drug-likeness (QED) is 0.667. The number of primary amides is 1. The molecule has 0 spiro atoms. The molecule has 0 unspecified atom stereocenters. The molecule has 0 atom stereocenters. The van der Waals surface area contributed by atoms with Crippen LogP contribution in [0.25, 0.3) is 0 Å². The van der Waals surface area contributed by atoms with Crippen molar-refractivity contribution in [2.75, 3.05) is 0 Å². The number of halogens is 1. The largest absolute Gasteiger partial charge is 0.365 e. The summed E-state index contributed by atoms with van der Waals surface area (Å²) in [6.45, 7) is 0. The van der Waals surface area contributed by atoms with Gasteiger partial charge in [0.15, 0.2) is 0 Å². The maximum absolute atomic E-state index is 10.4. The monoisotopic (exact) mass is 161 g/mol. The first-order valence-corrected chi connectivity index (χ1v) is 3.50. The van der Waals surface area contributed by atoms with Crippen molar-refractivity contribution < 1.29 is 4.79 Å². The van der Waals surface area contributed by atoms with E-state index in [1.54, 1.807) is 11.4 Å². The van der Waals surface area contributed by atoms with E-state index in [9.17, 15) is 4.79 Å². The Bertz CT molecular complexity index is 233. The third kappa shape index (κ3) is 1.43. The number of rotatable bonds is 1. The third-order valence-electron chi connectivity index (χ3n) is 0.810. The lowest BCUT2D eigenvalue weighted by atomic mass is 10.5. The van der Waals surface area contributed by atoms with Crippen LogP contribution in [0, 0.1) is 0 Å². The van der Waals surface area contributed by atoms with Gasteiger partial charge in [-0.1, -0.05) is 11.6 Å². The molecule has 4 heteroatoms. The summed E-state index contributed by atoms with van der Waals surface area (Å²) in [4.78, 5) is 10.9. The number of carbonyl (C=O) groups is 1. The van der Waals surface area contributed by atoms with E-state index >= 15 is 0 Å². The van der Waals surface area contributed by atoms with Crippen molar-refractivity contribution >= 4 is 28.8 Å². The summed E-state index contributed by atoms with van der Waals surface area (Å²) >= 11 is 6.76. The van der Waals surface area contributed by atoms with Gasteiger partial charge in [0.05, 0.1) is 9.90 Å². The maximum atomic E-state index is 10.4. The van der Waals surface area contributed by atoms with E-state index in [0.29, 0.717) is 9.90 Å². The van der Waals surface area contributed by atoms with Crippen molar-refractivity contribution in [2.45, 2.75) is 0 Å². The highest BCUT2D eigenvalue weighted by atomic mass is 35.5. The molecule has 48 valence electrons. The average Bonchev–Trinajstić information content (AvgIpc) is 2.14. The van der Waals surface area contributed by atoms with Crippen molar-refractivity contribution in [3.8, 4) is 0 Å². The highest BCUT2D eigenvalue weighted by Gasteiger charge is 2.01. The molecule has 0 aliphatic heterocycles. The highest BCUT2D eigenvalue weighted by molar-refractivity contribution is 7.12. The topological polar surface area (TPSA) is 43.1 Å². The lowest BCUT2D eigenvalue weighted by Gasteiger charge is -1.80. The molecule has 1 aromatic heterocycles. The molecule has 0 saturated heterocycles. The molecule has 1 heterocycles. The predicted octanol–water partition coefficient (Wildman–Crippen LogP) is 1.50. The van der Waals surface area contributed by atoms with Gasteiger partial charge in [-0.3, -0.25) is 4.79 Å². The second kappa shape index (κ2) is 2.37. The van der Waals surface area contributed by atoms with Crippen LogP contribution in [0.3, 0.4) is 0 Å². The Morgan fingerprint density at radius 1 is 1.78 bits per heavy atom. The number of thiophene rings is 1. The molecule has 0 aromatic carbocycles. The summed E-state index contributed by atoms with van der Waals surface area (Å²) in [7, 11) is 0. The van der Waals surface area contributed by atoms with E-state index in [-0.39, 0.29) is 0 Å². The predicted molar refractivity (Wildman–Crippen MR) is 37.8 cm³/mol. The fourth-order valence-corrected chi connectivity index (χ4v) is 1.37. The molecule has 1 aromatic rings. The van der Waals surface area contributed by atoms with E-state index in [1.165, 1.54) is 11.3 Å². The minimum absolute atomic E-state index is 0.424. The first kappa shape index (κ1) is 6.58. The molecule has 2 nitrogen and oxygen atoms in total. The molecule has 0 bridgehead atoms. The fourth-order valence-electron chi connectivity index (χ4n) is 0.442. The van der Waals surface area contributed by atoms with Gasteiger partial charge in [0.2, 0.25) is 0 Å². The van der Waals surface area contributed by atoms with Crippen molar-refractivity contribution in [2.24, 2.45) is 5.73 Å². The molecular weight excluding hydrogens is 158 g/mol. The minimum atomic E-state index is -0.424. The Balaban J connectivity index is 2.98. The van der Waals surface area contributed by atoms with Crippen LogP contribution >= 0.6 is 22.9 Å². The molecule has 1 rings (SSSR count). The lowest BCUT2D eigenvalue weighted by molar-refractivity contribution is 0.100. The summed E-state index contributed by atoms with van der Waals surface area (Å²) in [5.41, 5.74) is 4.94. The van der Waals surface area contributed by atoms with Crippen LogP contribution in [0.1, 0.15) is 9.67 Å². The van der Waals surface area contributed by atoms with Crippen molar-refractivity contribution in [3.05, 3.63) is 21.3 Å².